The van der Waals surface area contributed by atoms with Crippen LogP contribution in [-0.4, -0.2) is 39.0 Å². The van der Waals surface area contributed by atoms with E-state index in [4.69, 9.17) is 0 Å². The van der Waals surface area contributed by atoms with E-state index in [9.17, 15) is 5.11 Å². The van der Waals surface area contributed by atoms with Crippen LogP contribution in [0.5, 0.6) is 0 Å². The highest BCUT2D eigenvalue weighted by atomic mass is 16.3. The van der Waals surface area contributed by atoms with Crippen LogP contribution in [-0.2, 0) is 19.5 Å². The number of β-amino-alcohol motifs (C(OH)–C–C–N with tert-alkyl or cyclic N) is 1. The Morgan fingerprint density at radius 2 is 2.29 bits per heavy atom. The predicted octanol–water partition coefficient (Wildman–Crippen LogP) is 1.42. The van der Waals surface area contributed by atoms with E-state index >= 15 is 0 Å². The van der Waals surface area contributed by atoms with Gasteiger partial charge in [-0.05, 0) is 38.8 Å². The Balaban J connectivity index is 2.03. The highest BCUT2D eigenvalue weighted by Crippen LogP contribution is 2.14. The smallest absolute Gasteiger partial charge is 0.0667 e. The molecule has 1 fully saturated rings. The second-order valence-electron chi connectivity index (χ2n) is 4.83. The summed E-state index contributed by atoms with van der Waals surface area (Å²) in [5, 5.41) is 14.2. The van der Waals surface area contributed by atoms with Crippen molar-refractivity contribution in [3.05, 3.63) is 17.5 Å². The summed E-state index contributed by atoms with van der Waals surface area (Å²) in [6.07, 6.45) is 2.89. The van der Waals surface area contributed by atoms with E-state index in [1.807, 2.05) is 0 Å². The first-order chi connectivity index (χ1) is 8.22. The van der Waals surface area contributed by atoms with E-state index < -0.39 is 0 Å². The largest absolute Gasteiger partial charge is 0.392 e. The van der Waals surface area contributed by atoms with Crippen LogP contribution in [0, 0.1) is 0 Å². The normalized spacial score (nSPS) is 21.9. The van der Waals surface area contributed by atoms with Crippen LogP contribution >= 0.6 is 0 Å². The van der Waals surface area contributed by atoms with Crippen molar-refractivity contribution in [1.29, 1.82) is 0 Å². The molecular formula is C13H23N3O. The van der Waals surface area contributed by atoms with Gasteiger partial charge in [0.05, 0.1) is 17.5 Å². The Hall–Kier alpha value is -0.870. The third-order valence-corrected chi connectivity index (χ3v) is 3.44. The quantitative estimate of drug-likeness (QED) is 0.861. The van der Waals surface area contributed by atoms with Crippen molar-refractivity contribution < 1.29 is 5.11 Å². The first-order valence-corrected chi connectivity index (χ1v) is 6.69. The molecule has 1 atom stereocenters. The SMILES string of the molecule is CCc1cc(CN2CCCC(O)C2)n(CC)n1. The molecule has 2 heterocycles. The van der Waals surface area contributed by atoms with Gasteiger partial charge in [0.1, 0.15) is 0 Å². The highest BCUT2D eigenvalue weighted by molar-refractivity contribution is 5.10. The summed E-state index contributed by atoms with van der Waals surface area (Å²) in [6.45, 7) is 7.99. The minimum Gasteiger partial charge on any atom is -0.392 e. The van der Waals surface area contributed by atoms with E-state index in [0.29, 0.717) is 0 Å². The molecule has 96 valence electrons. The highest BCUT2D eigenvalue weighted by Gasteiger charge is 2.19. The third-order valence-electron chi connectivity index (χ3n) is 3.44. The number of aliphatic hydroxyl groups excluding tert-OH is 1. The zero-order valence-corrected chi connectivity index (χ0v) is 10.9. The van der Waals surface area contributed by atoms with Crippen molar-refractivity contribution >= 4 is 0 Å². The molecule has 0 aliphatic carbocycles. The minimum absolute atomic E-state index is 0.146. The molecule has 1 unspecified atom stereocenters. The second kappa shape index (κ2) is 5.65. The Bertz CT molecular complexity index is 362. The molecule has 0 spiro atoms. The standard InChI is InChI=1S/C13H23N3O/c1-3-11-8-12(16(4-2)14-11)9-15-7-5-6-13(17)10-15/h8,13,17H,3-7,9-10H2,1-2H3. The molecule has 0 bridgehead atoms. The van der Waals surface area contributed by atoms with Gasteiger partial charge in [-0.2, -0.15) is 5.10 Å². The fourth-order valence-electron chi connectivity index (χ4n) is 2.49. The van der Waals surface area contributed by atoms with E-state index in [1.165, 1.54) is 11.4 Å². The van der Waals surface area contributed by atoms with E-state index in [-0.39, 0.29) is 6.10 Å². The first kappa shape index (κ1) is 12.6. The van der Waals surface area contributed by atoms with Crippen LogP contribution in [0.3, 0.4) is 0 Å². The lowest BCUT2D eigenvalue weighted by Crippen LogP contribution is -2.38. The Morgan fingerprint density at radius 3 is 2.94 bits per heavy atom. The molecule has 0 aromatic carbocycles. The number of rotatable bonds is 4. The molecule has 2 rings (SSSR count). The number of aromatic nitrogens is 2. The van der Waals surface area contributed by atoms with Crippen LogP contribution in [0.25, 0.3) is 0 Å². The maximum absolute atomic E-state index is 9.67. The van der Waals surface area contributed by atoms with E-state index in [0.717, 1.165) is 45.4 Å². The lowest BCUT2D eigenvalue weighted by Gasteiger charge is -2.29. The van der Waals surface area contributed by atoms with Gasteiger partial charge < -0.3 is 5.11 Å². The number of nitrogens with zero attached hydrogens (tertiary/aromatic N) is 3. The number of aliphatic hydroxyl groups is 1. The van der Waals surface area contributed by atoms with Gasteiger partial charge in [0, 0.05) is 19.6 Å². The predicted molar refractivity (Wildman–Crippen MR) is 67.8 cm³/mol. The first-order valence-electron chi connectivity index (χ1n) is 6.69. The van der Waals surface area contributed by atoms with Crippen molar-refractivity contribution in [3.63, 3.8) is 0 Å². The van der Waals surface area contributed by atoms with Crippen LogP contribution in [0.4, 0.5) is 0 Å². The lowest BCUT2D eigenvalue weighted by molar-refractivity contribution is 0.0654. The van der Waals surface area contributed by atoms with Crippen molar-refractivity contribution in [1.82, 2.24) is 14.7 Å². The topological polar surface area (TPSA) is 41.3 Å². The van der Waals surface area contributed by atoms with Crippen LogP contribution in [0.1, 0.15) is 38.1 Å². The maximum atomic E-state index is 9.67. The van der Waals surface area contributed by atoms with Gasteiger partial charge in [-0.15, -0.1) is 0 Å². The molecule has 0 amide bonds. The Kier molecular flexibility index (Phi) is 4.18. The Labute approximate surface area is 103 Å². The number of hydrogen-bond donors (Lipinski definition) is 1. The minimum atomic E-state index is -0.146. The van der Waals surface area contributed by atoms with E-state index in [2.05, 4.69) is 34.6 Å². The number of aryl methyl sites for hydroxylation is 2. The van der Waals surface area contributed by atoms with Gasteiger partial charge in [0.15, 0.2) is 0 Å². The van der Waals surface area contributed by atoms with Crippen molar-refractivity contribution in [3.8, 4) is 0 Å². The molecular weight excluding hydrogens is 214 g/mol. The average molecular weight is 237 g/mol. The third kappa shape index (κ3) is 3.07. The van der Waals surface area contributed by atoms with Gasteiger partial charge in [0.25, 0.3) is 0 Å². The summed E-state index contributed by atoms with van der Waals surface area (Å²) in [7, 11) is 0. The molecule has 1 saturated heterocycles. The summed E-state index contributed by atoms with van der Waals surface area (Å²) in [5.74, 6) is 0. The van der Waals surface area contributed by atoms with Gasteiger partial charge >= 0.3 is 0 Å². The fourth-order valence-corrected chi connectivity index (χ4v) is 2.49. The van der Waals surface area contributed by atoms with Crippen LogP contribution in [0.2, 0.25) is 0 Å². The molecule has 1 aromatic rings. The molecule has 0 radical (unpaired) electrons. The van der Waals surface area contributed by atoms with Gasteiger partial charge in [-0.3, -0.25) is 9.58 Å². The fraction of sp³-hybridized carbons (Fsp3) is 0.769. The monoisotopic (exact) mass is 237 g/mol. The molecule has 1 aliphatic heterocycles. The summed E-state index contributed by atoms with van der Waals surface area (Å²) < 4.78 is 2.08. The zero-order chi connectivity index (χ0) is 12.3. The van der Waals surface area contributed by atoms with Crippen LogP contribution < -0.4 is 0 Å². The van der Waals surface area contributed by atoms with Crippen molar-refractivity contribution in [2.75, 3.05) is 13.1 Å². The molecule has 1 aliphatic rings. The second-order valence-corrected chi connectivity index (χ2v) is 4.83. The Morgan fingerprint density at radius 1 is 1.47 bits per heavy atom. The summed E-state index contributed by atoms with van der Waals surface area (Å²) in [4.78, 5) is 2.33. The van der Waals surface area contributed by atoms with Crippen molar-refractivity contribution in [2.24, 2.45) is 0 Å². The molecule has 4 heteroatoms. The number of likely N-dealkylation sites (tertiary alicyclic amines) is 1. The van der Waals surface area contributed by atoms with Gasteiger partial charge in [-0.1, -0.05) is 6.92 Å². The number of piperidine rings is 1. The number of hydrogen-bond acceptors (Lipinski definition) is 3. The molecule has 1 aromatic heterocycles. The summed E-state index contributed by atoms with van der Waals surface area (Å²) in [6, 6.07) is 2.20. The zero-order valence-electron chi connectivity index (χ0n) is 10.9. The molecule has 0 saturated carbocycles. The molecule has 17 heavy (non-hydrogen) atoms. The summed E-state index contributed by atoms with van der Waals surface area (Å²) in [5.41, 5.74) is 2.44. The molecule has 4 nitrogen and oxygen atoms in total. The average Bonchev–Trinajstić information content (AvgIpc) is 2.71. The molecule has 1 N–H and O–H groups in total. The van der Waals surface area contributed by atoms with Gasteiger partial charge in [-0.25, -0.2) is 0 Å². The van der Waals surface area contributed by atoms with Crippen molar-refractivity contribution in [2.45, 2.75) is 52.3 Å². The summed E-state index contributed by atoms with van der Waals surface area (Å²) >= 11 is 0. The van der Waals surface area contributed by atoms with Crippen LogP contribution in [0.15, 0.2) is 6.07 Å². The van der Waals surface area contributed by atoms with Gasteiger partial charge in [0.2, 0.25) is 0 Å². The maximum Gasteiger partial charge on any atom is 0.0667 e. The van der Waals surface area contributed by atoms with E-state index in [1.54, 1.807) is 0 Å². The lowest BCUT2D eigenvalue weighted by atomic mass is 10.1.